The highest BCUT2D eigenvalue weighted by molar-refractivity contribution is 5.31. The lowest BCUT2D eigenvalue weighted by atomic mass is 9.81. The zero-order valence-corrected chi connectivity index (χ0v) is 13.7. The molecule has 0 aliphatic carbocycles. The van der Waals surface area contributed by atoms with Crippen LogP contribution in [0.5, 0.6) is 0 Å². The number of rotatable bonds is 5. The molecule has 0 amide bonds. The Morgan fingerprint density at radius 1 is 0.952 bits per heavy atom. The Morgan fingerprint density at radius 2 is 1.52 bits per heavy atom. The van der Waals surface area contributed by atoms with Gasteiger partial charge in [-0.05, 0) is 41.9 Å². The van der Waals surface area contributed by atoms with E-state index in [-0.39, 0.29) is 11.5 Å². The molecule has 0 aliphatic rings. The smallest absolute Gasteiger partial charge is 0.0335 e. The minimum atomic E-state index is 0.0616. The highest BCUT2D eigenvalue weighted by Crippen LogP contribution is 2.28. The Hall–Kier alpha value is -1.60. The third-order valence-electron chi connectivity index (χ3n) is 4.58. The number of benzene rings is 2. The molecule has 2 aromatic carbocycles. The summed E-state index contributed by atoms with van der Waals surface area (Å²) in [5.41, 5.74) is 11.8. The van der Waals surface area contributed by atoms with Gasteiger partial charge in [-0.2, -0.15) is 0 Å². The maximum atomic E-state index is 6.36. The number of hydrogen-bond acceptors (Lipinski definition) is 1. The largest absolute Gasteiger partial charge is 0.324 e. The van der Waals surface area contributed by atoms with Crippen molar-refractivity contribution in [2.75, 3.05) is 0 Å². The maximum Gasteiger partial charge on any atom is 0.0335 e. The summed E-state index contributed by atoms with van der Waals surface area (Å²) in [5.74, 6) is 0. The van der Waals surface area contributed by atoms with Crippen molar-refractivity contribution >= 4 is 0 Å². The Morgan fingerprint density at radius 3 is 2.05 bits per heavy atom. The van der Waals surface area contributed by atoms with E-state index in [0.717, 1.165) is 12.8 Å². The van der Waals surface area contributed by atoms with Crippen molar-refractivity contribution in [3.63, 3.8) is 0 Å². The molecule has 0 spiro atoms. The number of nitrogens with two attached hydrogens (primary N) is 1. The molecule has 0 aromatic heterocycles. The quantitative estimate of drug-likeness (QED) is 0.826. The van der Waals surface area contributed by atoms with Crippen LogP contribution in [0.15, 0.2) is 48.5 Å². The molecule has 0 radical (unpaired) electrons. The molecule has 0 saturated heterocycles. The molecule has 2 aromatic rings. The van der Waals surface area contributed by atoms with Crippen LogP contribution in [-0.4, -0.2) is 0 Å². The van der Waals surface area contributed by atoms with Crippen molar-refractivity contribution in [2.45, 2.75) is 52.0 Å². The lowest BCUT2D eigenvalue weighted by Gasteiger charge is -2.24. The molecular formula is C20H27N. The van der Waals surface area contributed by atoms with Gasteiger partial charge in [0.05, 0.1) is 0 Å². The summed E-state index contributed by atoms with van der Waals surface area (Å²) in [4.78, 5) is 0. The minimum absolute atomic E-state index is 0.0616. The zero-order valence-electron chi connectivity index (χ0n) is 13.7. The van der Waals surface area contributed by atoms with E-state index in [2.05, 4.69) is 76.2 Å². The molecule has 1 nitrogen and oxygen atoms in total. The fourth-order valence-electron chi connectivity index (χ4n) is 2.48. The van der Waals surface area contributed by atoms with Gasteiger partial charge in [-0.25, -0.2) is 0 Å². The van der Waals surface area contributed by atoms with E-state index in [1.807, 2.05) is 0 Å². The fraction of sp³-hybridized carbons (Fsp3) is 0.400. The first-order chi connectivity index (χ1) is 9.92. The molecular weight excluding hydrogens is 254 g/mol. The van der Waals surface area contributed by atoms with Crippen molar-refractivity contribution in [3.8, 4) is 0 Å². The van der Waals surface area contributed by atoms with Gasteiger partial charge in [0.25, 0.3) is 0 Å². The molecule has 1 unspecified atom stereocenters. The predicted molar refractivity (Wildman–Crippen MR) is 91.6 cm³/mol. The second-order valence-electron chi connectivity index (χ2n) is 6.66. The van der Waals surface area contributed by atoms with Crippen LogP contribution in [0, 0.1) is 6.92 Å². The number of aryl methyl sites for hydroxylation is 1. The second-order valence-corrected chi connectivity index (χ2v) is 6.66. The summed E-state index contributed by atoms with van der Waals surface area (Å²) < 4.78 is 0. The van der Waals surface area contributed by atoms with Gasteiger partial charge in [0, 0.05) is 6.04 Å². The Kier molecular flexibility index (Phi) is 4.84. The van der Waals surface area contributed by atoms with E-state index in [9.17, 15) is 0 Å². The van der Waals surface area contributed by atoms with Gasteiger partial charge in [0.1, 0.15) is 0 Å². The van der Waals surface area contributed by atoms with Gasteiger partial charge in [0.2, 0.25) is 0 Å². The first-order valence-electron chi connectivity index (χ1n) is 7.84. The van der Waals surface area contributed by atoms with Gasteiger partial charge >= 0.3 is 0 Å². The predicted octanol–water partition coefficient (Wildman–Crippen LogP) is 4.93. The summed E-state index contributed by atoms with van der Waals surface area (Å²) >= 11 is 0. The van der Waals surface area contributed by atoms with Crippen molar-refractivity contribution < 1.29 is 0 Å². The van der Waals surface area contributed by atoms with Crippen molar-refractivity contribution in [3.05, 3.63) is 70.8 Å². The molecule has 2 N–H and O–H groups in total. The Bertz CT molecular complexity index is 564. The van der Waals surface area contributed by atoms with E-state index in [4.69, 9.17) is 5.73 Å². The van der Waals surface area contributed by atoms with Gasteiger partial charge in [-0.3, -0.25) is 0 Å². The van der Waals surface area contributed by atoms with E-state index >= 15 is 0 Å². The van der Waals surface area contributed by atoms with Crippen LogP contribution in [0.25, 0.3) is 0 Å². The summed E-state index contributed by atoms with van der Waals surface area (Å²) in [6.45, 7) is 8.91. The summed E-state index contributed by atoms with van der Waals surface area (Å²) in [6.07, 6.45) is 2.03. The van der Waals surface area contributed by atoms with E-state index < -0.39 is 0 Å². The average Bonchev–Trinajstić information content (AvgIpc) is 2.49. The van der Waals surface area contributed by atoms with Crippen LogP contribution in [-0.2, 0) is 11.8 Å². The first kappa shape index (κ1) is 15.8. The molecule has 0 bridgehead atoms. The molecule has 0 heterocycles. The lowest BCUT2D eigenvalue weighted by Crippen LogP contribution is -2.17. The van der Waals surface area contributed by atoms with Crippen molar-refractivity contribution in [2.24, 2.45) is 5.73 Å². The lowest BCUT2D eigenvalue weighted by molar-refractivity contribution is 0.506. The summed E-state index contributed by atoms with van der Waals surface area (Å²) in [5, 5.41) is 0. The van der Waals surface area contributed by atoms with Gasteiger partial charge < -0.3 is 5.73 Å². The molecule has 1 atom stereocenters. The van der Waals surface area contributed by atoms with Crippen molar-refractivity contribution in [1.29, 1.82) is 0 Å². The van der Waals surface area contributed by atoms with E-state index in [0.29, 0.717) is 0 Å². The highest BCUT2D eigenvalue weighted by atomic mass is 14.6. The van der Waals surface area contributed by atoms with Crippen LogP contribution in [0.2, 0.25) is 0 Å². The number of hydrogen-bond donors (Lipinski definition) is 1. The maximum absolute atomic E-state index is 6.36. The minimum Gasteiger partial charge on any atom is -0.324 e. The second kappa shape index (κ2) is 6.44. The first-order valence-corrected chi connectivity index (χ1v) is 7.84. The van der Waals surface area contributed by atoms with E-state index in [1.165, 1.54) is 22.3 Å². The summed E-state index contributed by atoms with van der Waals surface area (Å²) in [7, 11) is 0. The van der Waals surface area contributed by atoms with Crippen LogP contribution >= 0.6 is 0 Å². The van der Waals surface area contributed by atoms with Gasteiger partial charge in [-0.15, -0.1) is 0 Å². The molecule has 0 aliphatic heterocycles. The summed E-state index contributed by atoms with van der Waals surface area (Å²) in [6, 6.07) is 17.5. The molecule has 1 heteroatoms. The Balaban J connectivity index is 2.09. The monoisotopic (exact) mass is 281 g/mol. The molecule has 21 heavy (non-hydrogen) atoms. The SMILES string of the molecule is CCC(C)(C)c1ccc(C(N)Cc2ccc(C)cc2)cc1. The van der Waals surface area contributed by atoms with Crippen LogP contribution in [0.1, 0.15) is 55.5 Å². The Labute approximate surface area is 129 Å². The van der Waals surface area contributed by atoms with E-state index in [1.54, 1.807) is 0 Å². The fourth-order valence-corrected chi connectivity index (χ4v) is 2.48. The normalized spacial score (nSPS) is 13.2. The van der Waals surface area contributed by atoms with Gasteiger partial charge in [0.15, 0.2) is 0 Å². The van der Waals surface area contributed by atoms with Crippen molar-refractivity contribution in [1.82, 2.24) is 0 Å². The van der Waals surface area contributed by atoms with Gasteiger partial charge in [-0.1, -0.05) is 74.9 Å². The molecule has 112 valence electrons. The van der Waals surface area contributed by atoms with Crippen LogP contribution < -0.4 is 5.73 Å². The molecule has 0 saturated carbocycles. The standard InChI is InChI=1S/C20H27N/c1-5-20(3,4)18-12-10-17(11-13-18)19(21)14-16-8-6-15(2)7-9-16/h6-13,19H,5,14,21H2,1-4H3. The topological polar surface area (TPSA) is 26.0 Å². The molecule has 0 fully saturated rings. The highest BCUT2D eigenvalue weighted by Gasteiger charge is 2.18. The molecule has 2 rings (SSSR count). The van der Waals surface area contributed by atoms with Crippen LogP contribution in [0.3, 0.4) is 0 Å². The average molecular weight is 281 g/mol. The van der Waals surface area contributed by atoms with Crippen LogP contribution in [0.4, 0.5) is 0 Å². The third-order valence-corrected chi connectivity index (χ3v) is 4.58. The third kappa shape index (κ3) is 3.95. The zero-order chi connectivity index (χ0) is 15.5.